The van der Waals surface area contributed by atoms with Crippen LogP contribution < -0.4 is 5.32 Å². The van der Waals surface area contributed by atoms with E-state index in [1.54, 1.807) is 12.3 Å². The summed E-state index contributed by atoms with van der Waals surface area (Å²) >= 11 is 0. The van der Waals surface area contributed by atoms with E-state index in [9.17, 15) is 4.39 Å². The number of halogens is 1. The number of nitrogens with one attached hydrogen (secondary N) is 1. The van der Waals surface area contributed by atoms with Gasteiger partial charge in [-0.05, 0) is 44.2 Å². The van der Waals surface area contributed by atoms with Gasteiger partial charge in [-0.3, -0.25) is 0 Å². The standard InChI is InChI=1S/C15H20FN3/c1-4-19-8-7-18-15(19)10-12-9-13(16)5-6-14(12)11(2)17-3/h5-9,11,17H,4,10H2,1-3H3. The largest absolute Gasteiger partial charge is 0.335 e. The Labute approximate surface area is 113 Å². The van der Waals surface area contributed by atoms with Gasteiger partial charge in [-0.25, -0.2) is 9.37 Å². The van der Waals surface area contributed by atoms with Crippen LogP contribution in [0.2, 0.25) is 0 Å². The Morgan fingerprint density at radius 3 is 2.89 bits per heavy atom. The Balaban J connectivity index is 2.35. The van der Waals surface area contributed by atoms with E-state index in [2.05, 4.69) is 28.7 Å². The van der Waals surface area contributed by atoms with Crippen molar-refractivity contribution in [1.29, 1.82) is 0 Å². The third kappa shape index (κ3) is 3.01. The van der Waals surface area contributed by atoms with Crippen molar-refractivity contribution in [3.63, 3.8) is 0 Å². The molecule has 0 fully saturated rings. The van der Waals surface area contributed by atoms with Crippen molar-refractivity contribution in [2.75, 3.05) is 7.05 Å². The monoisotopic (exact) mass is 261 g/mol. The number of nitrogens with zero attached hydrogens (tertiary/aromatic N) is 2. The first-order chi connectivity index (χ1) is 9.15. The van der Waals surface area contributed by atoms with Gasteiger partial charge in [-0.15, -0.1) is 0 Å². The van der Waals surface area contributed by atoms with Crippen molar-refractivity contribution in [3.05, 3.63) is 53.4 Å². The maximum Gasteiger partial charge on any atom is 0.123 e. The number of hydrogen-bond acceptors (Lipinski definition) is 2. The highest BCUT2D eigenvalue weighted by Gasteiger charge is 2.12. The van der Waals surface area contributed by atoms with Gasteiger partial charge in [0.05, 0.1) is 0 Å². The SMILES string of the molecule is CCn1ccnc1Cc1cc(F)ccc1C(C)NC. The zero-order chi connectivity index (χ0) is 13.8. The molecular formula is C15H20FN3. The van der Waals surface area contributed by atoms with E-state index < -0.39 is 0 Å². The second-order valence-corrected chi connectivity index (χ2v) is 4.66. The molecule has 0 spiro atoms. The van der Waals surface area contributed by atoms with E-state index in [1.165, 1.54) is 6.07 Å². The Kier molecular flexibility index (Phi) is 4.32. The molecule has 1 aromatic carbocycles. The third-order valence-corrected chi connectivity index (χ3v) is 3.50. The summed E-state index contributed by atoms with van der Waals surface area (Å²) in [7, 11) is 1.91. The van der Waals surface area contributed by atoms with Gasteiger partial charge in [0.25, 0.3) is 0 Å². The first-order valence-corrected chi connectivity index (χ1v) is 6.61. The van der Waals surface area contributed by atoms with Crippen molar-refractivity contribution in [2.45, 2.75) is 32.9 Å². The molecule has 1 atom stereocenters. The fourth-order valence-corrected chi connectivity index (χ4v) is 2.27. The van der Waals surface area contributed by atoms with E-state index in [-0.39, 0.29) is 11.9 Å². The smallest absolute Gasteiger partial charge is 0.123 e. The molecule has 3 nitrogen and oxygen atoms in total. The van der Waals surface area contributed by atoms with Crippen molar-refractivity contribution >= 4 is 0 Å². The molecule has 2 aromatic rings. The predicted molar refractivity (Wildman–Crippen MR) is 74.6 cm³/mol. The maximum absolute atomic E-state index is 13.5. The summed E-state index contributed by atoms with van der Waals surface area (Å²) < 4.78 is 15.6. The van der Waals surface area contributed by atoms with Crippen LogP contribution in [0.15, 0.2) is 30.6 Å². The molecule has 0 aliphatic heterocycles. The van der Waals surface area contributed by atoms with Crippen LogP contribution >= 0.6 is 0 Å². The van der Waals surface area contributed by atoms with E-state index in [0.717, 1.165) is 23.5 Å². The minimum Gasteiger partial charge on any atom is -0.335 e. The highest BCUT2D eigenvalue weighted by molar-refractivity contribution is 5.32. The fourth-order valence-electron chi connectivity index (χ4n) is 2.27. The first kappa shape index (κ1) is 13.7. The minimum atomic E-state index is -0.198. The van der Waals surface area contributed by atoms with Crippen LogP contribution in [0.5, 0.6) is 0 Å². The van der Waals surface area contributed by atoms with Crippen molar-refractivity contribution in [2.24, 2.45) is 0 Å². The molecule has 0 bridgehead atoms. The molecule has 1 unspecified atom stereocenters. The minimum absolute atomic E-state index is 0.195. The molecular weight excluding hydrogens is 241 g/mol. The van der Waals surface area contributed by atoms with Gasteiger partial charge in [-0.2, -0.15) is 0 Å². The van der Waals surface area contributed by atoms with Gasteiger partial charge in [0.1, 0.15) is 11.6 Å². The molecule has 0 aliphatic rings. The Hall–Kier alpha value is -1.68. The van der Waals surface area contributed by atoms with Crippen molar-refractivity contribution in [3.8, 4) is 0 Å². The fraction of sp³-hybridized carbons (Fsp3) is 0.400. The van der Waals surface area contributed by atoms with Crippen LogP contribution in [0.3, 0.4) is 0 Å². The molecule has 19 heavy (non-hydrogen) atoms. The second-order valence-electron chi connectivity index (χ2n) is 4.66. The van der Waals surface area contributed by atoms with Crippen molar-refractivity contribution < 1.29 is 4.39 Å². The van der Waals surface area contributed by atoms with E-state index in [4.69, 9.17) is 0 Å². The lowest BCUT2D eigenvalue weighted by molar-refractivity contribution is 0.611. The summed E-state index contributed by atoms with van der Waals surface area (Å²) in [5.74, 6) is 0.773. The zero-order valence-corrected chi connectivity index (χ0v) is 11.7. The molecule has 0 amide bonds. The van der Waals surface area contributed by atoms with Crippen LogP contribution in [0.25, 0.3) is 0 Å². The normalized spacial score (nSPS) is 12.6. The lowest BCUT2D eigenvalue weighted by atomic mass is 9.98. The highest BCUT2D eigenvalue weighted by Crippen LogP contribution is 2.21. The summed E-state index contributed by atoms with van der Waals surface area (Å²) in [5.41, 5.74) is 2.11. The zero-order valence-electron chi connectivity index (χ0n) is 11.7. The summed E-state index contributed by atoms with van der Waals surface area (Å²) in [4.78, 5) is 4.36. The van der Waals surface area contributed by atoms with Gasteiger partial charge in [-0.1, -0.05) is 6.07 Å². The number of aromatic nitrogens is 2. The van der Waals surface area contributed by atoms with E-state index in [1.807, 2.05) is 19.3 Å². The Bertz CT molecular complexity index is 548. The predicted octanol–water partition coefficient (Wildman–Crippen LogP) is 2.91. The maximum atomic E-state index is 13.5. The highest BCUT2D eigenvalue weighted by atomic mass is 19.1. The van der Waals surface area contributed by atoms with E-state index >= 15 is 0 Å². The molecule has 1 aromatic heterocycles. The molecule has 0 radical (unpaired) electrons. The number of aryl methyl sites for hydroxylation is 1. The van der Waals surface area contributed by atoms with Gasteiger partial charge in [0.2, 0.25) is 0 Å². The molecule has 0 aliphatic carbocycles. The second kappa shape index (κ2) is 5.97. The Morgan fingerprint density at radius 2 is 2.21 bits per heavy atom. The molecule has 2 rings (SSSR count). The quantitative estimate of drug-likeness (QED) is 0.897. The van der Waals surface area contributed by atoms with Gasteiger partial charge < -0.3 is 9.88 Å². The van der Waals surface area contributed by atoms with Crippen LogP contribution in [0, 0.1) is 5.82 Å². The van der Waals surface area contributed by atoms with Crippen LogP contribution in [0.1, 0.15) is 36.8 Å². The van der Waals surface area contributed by atoms with E-state index in [0.29, 0.717) is 6.42 Å². The third-order valence-electron chi connectivity index (χ3n) is 3.50. The summed E-state index contributed by atoms with van der Waals surface area (Å²) in [6.07, 6.45) is 4.40. The lowest BCUT2D eigenvalue weighted by Gasteiger charge is -2.16. The van der Waals surface area contributed by atoms with Crippen LogP contribution in [0.4, 0.5) is 4.39 Å². The van der Waals surface area contributed by atoms with Gasteiger partial charge in [0.15, 0.2) is 0 Å². The molecule has 1 N–H and O–H groups in total. The molecule has 4 heteroatoms. The van der Waals surface area contributed by atoms with Crippen LogP contribution in [-0.4, -0.2) is 16.6 Å². The summed E-state index contributed by atoms with van der Waals surface area (Å²) in [5, 5.41) is 3.20. The molecule has 0 saturated heterocycles. The summed E-state index contributed by atoms with van der Waals surface area (Å²) in [6.45, 7) is 5.03. The number of benzene rings is 1. The van der Waals surface area contributed by atoms with Crippen molar-refractivity contribution in [1.82, 2.24) is 14.9 Å². The van der Waals surface area contributed by atoms with Gasteiger partial charge in [0, 0.05) is 31.4 Å². The molecule has 1 heterocycles. The topological polar surface area (TPSA) is 29.9 Å². The number of rotatable bonds is 5. The van der Waals surface area contributed by atoms with Crippen LogP contribution in [-0.2, 0) is 13.0 Å². The average Bonchev–Trinajstić information content (AvgIpc) is 2.85. The first-order valence-electron chi connectivity index (χ1n) is 6.61. The van der Waals surface area contributed by atoms with Gasteiger partial charge >= 0.3 is 0 Å². The molecule has 0 saturated carbocycles. The number of hydrogen-bond donors (Lipinski definition) is 1. The Morgan fingerprint density at radius 1 is 1.42 bits per heavy atom. The summed E-state index contributed by atoms with van der Waals surface area (Å²) in [6, 6.07) is 5.17. The number of imidazole rings is 1. The average molecular weight is 261 g/mol. The lowest BCUT2D eigenvalue weighted by Crippen LogP contribution is -2.15. The molecule has 102 valence electrons.